The van der Waals surface area contributed by atoms with E-state index in [9.17, 15) is 5.11 Å². The molecule has 0 saturated carbocycles. The fraction of sp³-hybridized carbons (Fsp3) is 0.800. The molecule has 0 unspecified atom stereocenters. The zero-order valence-corrected chi connectivity index (χ0v) is 9.37. The van der Waals surface area contributed by atoms with E-state index in [1.165, 1.54) is 17.9 Å². The Morgan fingerprint density at radius 2 is 2.00 bits per heavy atom. The number of rotatable bonds is 1. The second-order valence-electron chi connectivity index (χ2n) is 3.71. The van der Waals surface area contributed by atoms with E-state index in [-0.39, 0.29) is 0 Å². The molecule has 74 valence electrons. The Balaban J connectivity index is 2.03. The highest BCUT2D eigenvalue weighted by molar-refractivity contribution is 8.17. The molecule has 1 fully saturated rings. The number of thioether (sulfide) groups is 2. The smallest absolute Gasteiger partial charge is 0.104 e. The van der Waals surface area contributed by atoms with Crippen LogP contribution >= 0.6 is 23.5 Å². The minimum Gasteiger partial charge on any atom is -0.384 e. The monoisotopic (exact) mass is 216 g/mol. The van der Waals surface area contributed by atoms with Crippen LogP contribution in [0.5, 0.6) is 0 Å². The zero-order valence-electron chi connectivity index (χ0n) is 7.74. The predicted octanol–water partition coefficient (Wildman–Crippen LogP) is 2.65. The molecule has 0 aromatic heterocycles. The Labute approximate surface area is 88.4 Å². The van der Waals surface area contributed by atoms with Crippen LogP contribution in [0.25, 0.3) is 0 Å². The van der Waals surface area contributed by atoms with Gasteiger partial charge in [-0.2, -0.15) is 0 Å². The van der Waals surface area contributed by atoms with Crippen LogP contribution in [0.15, 0.2) is 12.2 Å². The maximum absolute atomic E-state index is 10.4. The molecule has 0 bridgehead atoms. The average Bonchev–Trinajstić information content (AvgIpc) is 2.20. The molecule has 0 aromatic rings. The van der Waals surface area contributed by atoms with Gasteiger partial charge in [0.15, 0.2) is 0 Å². The van der Waals surface area contributed by atoms with E-state index in [1.54, 1.807) is 0 Å². The summed E-state index contributed by atoms with van der Waals surface area (Å²) < 4.78 is 0.387. The predicted molar refractivity (Wildman–Crippen MR) is 61.3 cm³/mol. The van der Waals surface area contributed by atoms with Gasteiger partial charge in [0.25, 0.3) is 0 Å². The Morgan fingerprint density at radius 1 is 1.23 bits per heavy atom. The van der Waals surface area contributed by atoms with Crippen molar-refractivity contribution in [2.75, 3.05) is 11.5 Å². The van der Waals surface area contributed by atoms with E-state index in [0.29, 0.717) is 4.58 Å². The van der Waals surface area contributed by atoms with E-state index in [1.807, 2.05) is 29.6 Å². The number of aliphatic hydroxyl groups is 1. The van der Waals surface area contributed by atoms with Crippen molar-refractivity contribution in [3.8, 4) is 0 Å². The molecule has 3 heteroatoms. The Kier molecular flexibility index (Phi) is 3.27. The van der Waals surface area contributed by atoms with Gasteiger partial charge in [0.05, 0.1) is 4.58 Å². The van der Waals surface area contributed by atoms with Crippen molar-refractivity contribution < 1.29 is 5.11 Å². The van der Waals surface area contributed by atoms with Gasteiger partial charge in [-0.05, 0) is 37.2 Å². The summed E-state index contributed by atoms with van der Waals surface area (Å²) >= 11 is 3.86. The van der Waals surface area contributed by atoms with E-state index >= 15 is 0 Å². The fourth-order valence-corrected chi connectivity index (χ4v) is 5.01. The number of hydrogen-bond acceptors (Lipinski definition) is 3. The van der Waals surface area contributed by atoms with Gasteiger partial charge in [-0.3, -0.25) is 0 Å². The van der Waals surface area contributed by atoms with Gasteiger partial charge in [0.2, 0.25) is 0 Å². The van der Waals surface area contributed by atoms with E-state index in [4.69, 9.17) is 0 Å². The summed E-state index contributed by atoms with van der Waals surface area (Å²) in [5, 5.41) is 10.4. The highest BCUT2D eigenvalue weighted by Gasteiger charge is 2.36. The molecule has 1 heterocycles. The lowest BCUT2D eigenvalue weighted by Gasteiger charge is -2.36. The molecule has 1 nitrogen and oxygen atoms in total. The number of hydrogen-bond donors (Lipinski definition) is 1. The van der Waals surface area contributed by atoms with Gasteiger partial charge < -0.3 is 5.11 Å². The van der Waals surface area contributed by atoms with Crippen LogP contribution in [0.4, 0.5) is 0 Å². The topological polar surface area (TPSA) is 20.2 Å². The molecule has 0 radical (unpaired) electrons. The number of allylic oxidation sites excluding steroid dienone is 1. The van der Waals surface area contributed by atoms with Crippen LogP contribution < -0.4 is 0 Å². The third kappa shape index (κ3) is 2.25. The summed E-state index contributed by atoms with van der Waals surface area (Å²) in [5.74, 6) is 2.43. The van der Waals surface area contributed by atoms with Gasteiger partial charge in [-0.1, -0.05) is 12.2 Å². The molecular weight excluding hydrogens is 200 g/mol. The third-order valence-electron chi connectivity index (χ3n) is 2.59. The SMILES string of the molecule is O[C@]1(C2SCCCS2)C=CCCC1. The first-order chi connectivity index (χ1) is 6.31. The average molecular weight is 216 g/mol. The summed E-state index contributed by atoms with van der Waals surface area (Å²) in [6.07, 6.45) is 8.71. The summed E-state index contributed by atoms with van der Waals surface area (Å²) in [5.41, 5.74) is -0.506. The van der Waals surface area contributed by atoms with Crippen molar-refractivity contribution in [3.05, 3.63) is 12.2 Å². The molecule has 2 aliphatic rings. The lowest BCUT2D eigenvalue weighted by molar-refractivity contribution is 0.0918. The van der Waals surface area contributed by atoms with Crippen molar-refractivity contribution in [2.45, 2.75) is 35.9 Å². The standard InChI is InChI=1S/C10H16OS2/c11-10(5-2-1-3-6-10)9-12-7-4-8-13-9/h2,5,9,11H,1,3-4,6-8H2/t10-/m1/s1. The summed E-state index contributed by atoms with van der Waals surface area (Å²) in [4.78, 5) is 0. The fourth-order valence-electron chi connectivity index (χ4n) is 1.85. The van der Waals surface area contributed by atoms with Crippen LogP contribution in [0.1, 0.15) is 25.7 Å². The van der Waals surface area contributed by atoms with Crippen LogP contribution in [-0.2, 0) is 0 Å². The molecule has 1 N–H and O–H groups in total. The van der Waals surface area contributed by atoms with Crippen LogP contribution in [0.3, 0.4) is 0 Å². The highest BCUT2D eigenvalue weighted by Crippen LogP contribution is 2.42. The van der Waals surface area contributed by atoms with Gasteiger partial charge in [-0.25, -0.2) is 0 Å². The molecule has 0 spiro atoms. The summed E-state index contributed by atoms with van der Waals surface area (Å²) in [7, 11) is 0. The minimum atomic E-state index is -0.506. The van der Waals surface area contributed by atoms with Crippen LogP contribution in [0.2, 0.25) is 0 Å². The van der Waals surface area contributed by atoms with Gasteiger partial charge in [0.1, 0.15) is 5.60 Å². The van der Waals surface area contributed by atoms with Crippen molar-refractivity contribution in [1.82, 2.24) is 0 Å². The molecule has 1 aliphatic carbocycles. The first-order valence-corrected chi connectivity index (χ1v) is 7.04. The largest absolute Gasteiger partial charge is 0.384 e. The Hall–Kier alpha value is 0.400. The van der Waals surface area contributed by atoms with Crippen molar-refractivity contribution in [2.24, 2.45) is 0 Å². The molecule has 1 saturated heterocycles. The molecule has 1 atom stereocenters. The van der Waals surface area contributed by atoms with Crippen LogP contribution in [-0.4, -0.2) is 26.8 Å². The molecular formula is C10H16OS2. The first kappa shape index (κ1) is 9.94. The molecule has 0 amide bonds. The minimum absolute atomic E-state index is 0.387. The molecule has 1 aliphatic heterocycles. The summed E-state index contributed by atoms with van der Waals surface area (Å²) in [6, 6.07) is 0. The van der Waals surface area contributed by atoms with Gasteiger partial charge in [0, 0.05) is 0 Å². The lowest BCUT2D eigenvalue weighted by atomic mass is 9.93. The van der Waals surface area contributed by atoms with Gasteiger partial charge >= 0.3 is 0 Å². The van der Waals surface area contributed by atoms with Gasteiger partial charge in [-0.15, -0.1) is 23.5 Å². The summed E-state index contributed by atoms with van der Waals surface area (Å²) in [6.45, 7) is 0. The Morgan fingerprint density at radius 3 is 2.62 bits per heavy atom. The molecule has 2 rings (SSSR count). The second kappa shape index (κ2) is 4.28. The Bertz CT molecular complexity index is 199. The second-order valence-corrected chi connectivity index (χ2v) is 6.44. The first-order valence-electron chi connectivity index (χ1n) is 4.94. The maximum atomic E-state index is 10.4. The van der Waals surface area contributed by atoms with Crippen molar-refractivity contribution in [1.29, 1.82) is 0 Å². The normalized spacial score (nSPS) is 36.4. The quantitative estimate of drug-likeness (QED) is 0.681. The van der Waals surface area contributed by atoms with Crippen molar-refractivity contribution >= 4 is 23.5 Å². The molecule has 13 heavy (non-hydrogen) atoms. The van der Waals surface area contributed by atoms with Crippen molar-refractivity contribution in [3.63, 3.8) is 0 Å². The lowest BCUT2D eigenvalue weighted by Crippen LogP contribution is -2.39. The van der Waals surface area contributed by atoms with E-state index < -0.39 is 5.60 Å². The molecule has 0 aromatic carbocycles. The van der Waals surface area contributed by atoms with Crippen LogP contribution in [0, 0.1) is 0 Å². The zero-order chi connectivity index (χ0) is 9.15. The highest BCUT2D eigenvalue weighted by atomic mass is 32.2. The third-order valence-corrected chi connectivity index (χ3v) is 5.88. The van der Waals surface area contributed by atoms with E-state index in [2.05, 4.69) is 6.08 Å². The van der Waals surface area contributed by atoms with E-state index in [0.717, 1.165) is 19.3 Å². The maximum Gasteiger partial charge on any atom is 0.104 e.